The number of carbonyl (C=O) groups is 4. The second-order valence-corrected chi connectivity index (χ2v) is 9.34. The molecule has 1 aromatic rings. The van der Waals surface area contributed by atoms with Crippen molar-refractivity contribution >= 4 is 23.8 Å². The molecule has 9 heteroatoms. The van der Waals surface area contributed by atoms with Gasteiger partial charge in [-0.05, 0) is 53.0 Å². The molecule has 0 bridgehead atoms. The topological polar surface area (TPSA) is 131 Å². The van der Waals surface area contributed by atoms with Crippen LogP contribution in [0.2, 0.25) is 0 Å². The summed E-state index contributed by atoms with van der Waals surface area (Å²) < 4.78 is 5.29. The van der Waals surface area contributed by atoms with Crippen molar-refractivity contribution in [1.29, 1.82) is 0 Å². The third-order valence-electron chi connectivity index (χ3n) is 5.08. The van der Waals surface area contributed by atoms with E-state index in [4.69, 9.17) is 10.5 Å². The number of amides is 4. The number of hydrogen-bond acceptors (Lipinski definition) is 5. The molecule has 190 valence electrons. The van der Waals surface area contributed by atoms with Gasteiger partial charge in [0.1, 0.15) is 17.7 Å². The molecule has 1 rings (SSSR count). The highest BCUT2D eigenvalue weighted by Crippen LogP contribution is 2.23. The Morgan fingerprint density at radius 3 is 2.15 bits per heavy atom. The fraction of sp³-hybridized carbons (Fsp3) is 0.600. The lowest BCUT2D eigenvalue weighted by Gasteiger charge is -2.34. The summed E-state index contributed by atoms with van der Waals surface area (Å²) in [4.78, 5) is 52.2. The Hall–Kier alpha value is -3.10. The van der Waals surface area contributed by atoms with E-state index in [1.807, 2.05) is 19.9 Å². The van der Waals surface area contributed by atoms with Crippen molar-refractivity contribution in [2.45, 2.75) is 91.0 Å². The molecule has 0 fully saturated rings. The van der Waals surface area contributed by atoms with E-state index in [-0.39, 0.29) is 31.3 Å². The lowest BCUT2D eigenvalue weighted by Crippen LogP contribution is -2.53. The Morgan fingerprint density at radius 2 is 1.65 bits per heavy atom. The molecule has 0 heterocycles. The number of primary amides is 1. The molecule has 0 saturated heterocycles. The molecule has 0 aliphatic heterocycles. The Bertz CT molecular complexity index is 822. The zero-order valence-electron chi connectivity index (χ0n) is 21.2. The summed E-state index contributed by atoms with van der Waals surface area (Å²) in [6.07, 6.45) is 0.791. The second-order valence-electron chi connectivity index (χ2n) is 9.34. The highest BCUT2D eigenvalue weighted by atomic mass is 16.6. The highest BCUT2D eigenvalue weighted by Gasteiger charge is 2.35. The van der Waals surface area contributed by atoms with Crippen LogP contribution in [0.25, 0.3) is 0 Å². The van der Waals surface area contributed by atoms with Crippen molar-refractivity contribution in [1.82, 2.24) is 15.5 Å². The summed E-state index contributed by atoms with van der Waals surface area (Å²) in [6, 6.07) is 6.93. The monoisotopic (exact) mass is 476 g/mol. The molecule has 9 nitrogen and oxygen atoms in total. The summed E-state index contributed by atoms with van der Waals surface area (Å²) in [5, 5.41) is 5.55. The van der Waals surface area contributed by atoms with Crippen molar-refractivity contribution in [3.8, 4) is 0 Å². The fourth-order valence-electron chi connectivity index (χ4n) is 3.59. The summed E-state index contributed by atoms with van der Waals surface area (Å²) in [7, 11) is 0. The van der Waals surface area contributed by atoms with Crippen LogP contribution in [0.15, 0.2) is 30.3 Å². The summed E-state index contributed by atoms with van der Waals surface area (Å²) >= 11 is 0. The number of alkyl carbamates (subject to hydrolysis) is 1. The van der Waals surface area contributed by atoms with Gasteiger partial charge < -0.3 is 26.0 Å². The Morgan fingerprint density at radius 1 is 1.03 bits per heavy atom. The third-order valence-corrected chi connectivity index (χ3v) is 5.08. The molecule has 0 radical (unpaired) electrons. The number of nitrogens with two attached hydrogens (primary N) is 1. The number of benzene rings is 1. The third kappa shape index (κ3) is 9.80. The van der Waals surface area contributed by atoms with Gasteiger partial charge in [0.2, 0.25) is 17.7 Å². The van der Waals surface area contributed by atoms with Crippen LogP contribution in [-0.4, -0.2) is 52.9 Å². The van der Waals surface area contributed by atoms with Crippen LogP contribution in [0, 0.1) is 0 Å². The number of likely N-dealkylation sites (N-methyl/N-ethyl adjacent to an activating group) is 1. The van der Waals surface area contributed by atoms with Crippen LogP contribution < -0.4 is 16.4 Å². The predicted octanol–water partition coefficient (Wildman–Crippen LogP) is 3.04. The summed E-state index contributed by atoms with van der Waals surface area (Å²) in [5.41, 5.74) is 5.17. The average Bonchev–Trinajstić information content (AvgIpc) is 2.73. The lowest BCUT2D eigenvalue weighted by molar-refractivity contribution is -0.142. The smallest absolute Gasteiger partial charge is 0.408 e. The van der Waals surface area contributed by atoms with Gasteiger partial charge in [0.25, 0.3) is 0 Å². The van der Waals surface area contributed by atoms with E-state index in [0.717, 1.165) is 12.8 Å². The van der Waals surface area contributed by atoms with Gasteiger partial charge in [-0.25, -0.2) is 4.79 Å². The molecular formula is C25H40N4O5. The molecule has 3 atom stereocenters. The zero-order valence-corrected chi connectivity index (χ0v) is 21.2. The maximum atomic E-state index is 13.6. The van der Waals surface area contributed by atoms with E-state index in [0.29, 0.717) is 5.56 Å². The molecule has 0 aromatic heterocycles. The van der Waals surface area contributed by atoms with E-state index in [2.05, 4.69) is 10.6 Å². The van der Waals surface area contributed by atoms with Crippen molar-refractivity contribution in [3.63, 3.8) is 0 Å². The molecule has 0 aliphatic carbocycles. The molecule has 1 aromatic carbocycles. The quantitative estimate of drug-likeness (QED) is 0.427. The van der Waals surface area contributed by atoms with Gasteiger partial charge >= 0.3 is 6.09 Å². The van der Waals surface area contributed by atoms with Gasteiger partial charge in [0, 0.05) is 19.0 Å². The number of rotatable bonds is 12. The van der Waals surface area contributed by atoms with Crippen molar-refractivity contribution in [2.24, 2.45) is 5.73 Å². The van der Waals surface area contributed by atoms with Crippen LogP contribution >= 0.6 is 0 Å². The van der Waals surface area contributed by atoms with Gasteiger partial charge in [0.05, 0.1) is 0 Å². The number of nitrogens with one attached hydrogen (secondary N) is 2. The minimum absolute atomic E-state index is 0.0146. The first-order valence-electron chi connectivity index (χ1n) is 11.8. The minimum atomic E-state index is -1.09. The van der Waals surface area contributed by atoms with Crippen molar-refractivity contribution in [2.75, 3.05) is 6.54 Å². The molecular weight excluding hydrogens is 436 g/mol. The van der Waals surface area contributed by atoms with E-state index >= 15 is 0 Å². The first kappa shape index (κ1) is 28.9. The molecule has 3 unspecified atom stereocenters. The SMILES string of the molecule is CCCC(C)NC(=O)C(c1ccccc1)N(CC)C(=O)C(CCC(N)=O)NC(=O)OC(C)(C)C. The van der Waals surface area contributed by atoms with E-state index in [1.54, 1.807) is 52.0 Å². The standard InChI is InChI=1S/C25H40N4O5/c1-7-12-17(3)27-22(31)21(18-13-10-9-11-14-18)29(8-2)23(32)19(15-16-20(26)30)28-24(33)34-25(4,5)6/h9-11,13-14,17,19,21H,7-8,12,15-16H2,1-6H3,(H2,26,30)(H,27,31)(H,28,33). The second kappa shape index (κ2) is 13.6. The van der Waals surface area contributed by atoms with Gasteiger partial charge in [-0.2, -0.15) is 0 Å². The number of hydrogen-bond donors (Lipinski definition) is 3. The van der Waals surface area contributed by atoms with E-state index in [1.165, 1.54) is 4.90 Å². The molecule has 4 N–H and O–H groups in total. The molecule has 0 aliphatic rings. The minimum Gasteiger partial charge on any atom is -0.444 e. The van der Waals surface area contributed by atoms with Crippen LogP contribution in [0.5, 0.6) is 0 Å². The Kier molecular flexibility index (Phi) is 11.5. The lowest BCUT2D eigenvalue weighted by atomic mass is 10.0. The average molecular weight is 477 g/mol. The van der Waals surface area contributed by atoms with Gasteiger partial charge in [0.15, 0.2) is 0 Å². The zero-order chi connectivity index (χ0) is 25.9. The van der Waals surface area contributed by atoms with E-state index < -0.39 is 35.6 Å². The number of carbonyl (C=O) groups excluding carboxylic acids is 4. The number of ether oxygens (including phenoxy) is 1. The molecule has 0 saturated carbocycles. The number of nitrogens with zero attached hydrogens (tertiary/aromatic N) is 1. The van der Waals surface area contributed by atoms with Gasteiger partial charge in [-0.3, -0.25) is 14.4 Å². The van der Waals surface area contributed by atoms with E-state index in [9.17, 15) is 19.2 Å². The summed E-state index contributed by atoms with van der Waals surface area (Å²) in [5.74, 6) is -1.41. The Labute approximate surface area is 202 Å². The van der Waals surface area contributed by atoms with Crippen LogP contribution in [0.4, 0.5) is 4.79 Å². The Balaban J connectivity index is 3.29. The highest BCUT2D eigenvalue weighted by molar-refractivity contribution is 5.92. The largest absolute Gasteiger partial charge is 0.444 e. The van der Waals surface area contributed by atoms with Crippen molar-refractivity contribution in [3.05, 3.63) is 35.9 Å². The molecule has 34 heavy (non-hydrogen) atoms. The van der Waals surface area contributed by atoms with Crippen LogP contribution in [0.1, 0.15) is 78.8 Å². The summed E-state index contributed by atoms with van der Waals surface area (Å²) in [6.45, 7) is 11.0. The van der Waals surface area contributed by atoms with Gasteiger partial charge in [-0.1, -0.05) is 43.7 Å². The first-order valence-corrected chi connectivity index (χ1v) is 11.8. The predicted molar refractivity (Wildman–Crippen MR) is 131 cm³/mol. The first-order chi connectivity index (χ1) is 15.9. The maximum absolute atomic E-state index is 13.6. The van der Waals surface area contributed by atoms with Gasteiger partial charge in [-0.15, -0.1) is 0 Å². The molecule has 0 spiro atoms. The van der Waals surface area contributed by atoms with Crippen LogP contribution in [0.3, 0.4) is 0 Å². The fourth-order valence-corrected chi connectivity index (χ4v) is 3.59. The normalized spacial score (nSPS) is 13.8. The molecule has 4 amide bonds. The van der Waals surface area contributed by atoms with Crippen LogP contribution in [-0.2, 0) is 19.1 Å². The maximum Gasteiger partial charge on any atom is 0.408 e. The van der Waals surface area contributed by atoms with Crippen molar-refractivity contribution < 1.29 is 23.9 Å².